The summed E-state index contributed by atoms with van der Waals surface area (Å²) in [6, 6.07) is 0. The number of carbonyl (C=O) groups is 4. The SMILES string of the molecule is CC/C=C\C/C=C\C/C=C\C/C=C\CCCCCCCCC(=O)OCC(COP(=O)(O)OCC(O)COP(=O)(O)OCC(COC(=O)CCCCCCCC/C=C\C/C=C\C/C=C\CCCCC)OC(=O)CCCCCCC/C=C\CCCCCCCC)OC(=O)CCCCCCC/C=C\CCCCCC. The molecular formula is C87H152O17P2. The lowest BCUT2D eigenvalue weighted by Crippen LogP contribution is -2.30. The lowest BCUT2D eigenvalue weighted by atomic mass is 10.1. The van der Waals surface area contributed by atoms with Crippen molar-refractivity contribution in [2.45, 2.75) is 380 Å². The summed E-state index contributed by atoms with van der Waals surface area (Å²) >= 11 is 0. The zero-order valence-corrected chi connectivity index (χ0v) is 68.9. The molecule has 106 heavy (non-hydrogen) atoms. The van der Waals surface area contributed by atoms with E-state index in [4.69, 9.17) is 37.0 Å². The van der Waals surface area contributed by atoms with E-state index in [1.165, 1.54) is 83.5 Å². The molecule has 0 aliphatic carbocycles. The smallest absolute Gasteiger partial charge is 0.462 e. The summed E-state index contributed by atoms with van der Waals surface area (Å²) < 4.78 is 68.7. The Balaban J connectivity index is 5.36. The highest BCUT2D eigenvalue weighted by Gasteiger charge is 2.30. The zero-order valence-electron chi connectivity index (χ0n) is 67.1. The molecular weight excluding hydrogens is 1380 g/mol. The van der Waals surface area contributed by atoms with E-state index < -0.39 is 97.5 Å². The van der Waals surface area contributed by atoms with E-state index in [0.717, 1.165) is 199 Å². The Morgan fingerprint density at radius 3 is 0.792 bits per heavy atom. The van der Waals surface area contributed by atoms with E-state index in [1.54, 1.807) is 0 Å². The lowest BCUT2D eigenvalue weighted by Gasteiger charge is -2.21. The predicted molar refractivity (Wildman–Crippen MR) is 436 cm³/mol. The fourth-order valence-corrected chi connectivity index (χ4v) is 12.8. The first-order valence-corrected chi connectivity index (χ1v) is 45.1. The van der Waals surface area contributed by atoms with Gasteiger partial charge in [0.15, 0.2) is 12.2 Å². The zero-order chi connectivity index (χ0) is 77.4. The molecule has 0 heterocycles. The Morgan fingerprint density at radius 2 is 0.491 bits per heavy atom. The van der Waals surface area contributed by atoms with Crippen LogP contribution in [0.15, 0.2) is 109 Å². The maximum atomic E-state index is 13.1. The van der Waals surface area contributed by atoms with Crippen LogP contribution in [0.4, 0.5) is 0 Å². The maximum Gasteiger partial charge on any atom is 0.472 e. The van der Waals surface area contributed by atoms with Gasteiger partial charge in [-0.3, -0.25) is 37.3 Å². The quantitative estimate of drug-likeness (QED) is 0.0169. The number of carbonyl (C=O) groups excluding carboxylic acids is 4. The summed E-state index contributed by atoms with van der Waals surface area (Å²) in [4.78, 5) is 73.2. The molecule has 0 aromatic carbocycles. The Hall–Kier alpha value is -4.28. The number of ether oxygens (including phenoxy) is 4. The Kier molecular flexibility index (Phi) is 75.6. The van der Waals surface area contributed by atoms with Crippen molar-refractivity contribution in [3.8, 4) is 0 Å². The fraction of sp³-hybridized carbons (Fsp3) is 0.747. The minimum atomic E-state index is -4.99. The lowest BCUT2D eigenvalue weighted by molar-refractivity contribution is -0.161. The highest BCUT2D eigenvalue weighted by Crippen LogP contribution is 2.45. The van der Waals surface area contributed by atoms with Gasteiger partial charge in [0.2, 0.25) is 0 Å². The summed E-state index contributed by atoms with van der Waals surface area (Å²) in [6.45, 7) is 4.72. The number of hydrogen-bond acceptors (Lipinski definition) is 15. The fourth-order valence-electron chi connectivity index (χ4n) is 11.3. The molecule has 5 atom stereocenters. The van der Waals surface area contributed by atoms with Gasteiger partial charge in [-0.25, -0.2) is 9.13 Å². The van der Waals surface area contributed by atoms with Crippen LogP contribution in [0.5, 0.6) is 0 Å². The molecule has 17 nitrogen and oxygen atoms in total. The second-order valence-electron chi connectivity index (χ2n) is 28.0. The molecule has 0 aliphatic rings. The molecule has 0 aromatic heterocycles. The van der Waals surface area contributed by atoms with Gasteiger partial charge in [-0.2, -0.15) is 0 Å². The summed E-state index contributed by atoms with van der Waals surface area (Å²) in [6.07, 6.45) is 86.2. The number of esters is 4. The number of aliphatic hydroxyl groups is 1. The highest BCUT2D eigenvalue weighted by molar-refractivity contribution is 7.47. The number of aliphatic hydroxyl groups excluding tert-OH is 1. The molecule has 0 radical (unpaired) electrons. The largest absolute Gasteiger partial charge is 0.472 e. The van der Waals surface area contributed by atoms with E-state index >= 15 is 0 Å². The van der Waals surface area contributed by atoms with Crippen molar-refractivity contribution in [1.82, 2.24) is 0 Å². The number of hydrogen-bond donors (Lipinski definition) is 3. The van der Waals surface area contributed by atoms with Crippen LogP contribution in [0.25, 0.3) is 0 Å². The van der Waals surface area contributed by atoms with Gasteiger partial charge in [0.05, 0.1) is 26.4 Å². The molecule has 0 spiro atoms. The van der Waals surface area contributed by atoms with Gasteiger partial charge in [0.25, 0.3) is 0 Å². The van der Waals surface area contributed by atoms with Crippen molar-refractivity contribution in [2.75, 3.05) is 39.6 Å². The van der Waals surface area contributed by atoms with Crippen molar-refractivity contribution in [1.29, 1.82) is 0 Å². The van der Waals surface area contributed by atoms with E-state index in [1.807, 2.05) is 0 Å². The average molecular weight is 1530 g/mol. The molecule has 19 heteroatoms. The van der Waals surface area contributed by atoms with Gasteiger partial charge in [0.1, 0.15) is 19.3 Å². The molecule has 0 aromatic rings. The molecule has 0 aliphatic heterocycles. The molecule has 0 fully saturated rings. The van der Waals surface area contributed by atoms with Crippen molar-refractivity contribution < 1.29 is 80.2 Å². The van der Waals surface area contributed by atoms with Crippen molar-refractivity contribution in [2.24, 2.45) is 0 Å². The first-order valence-electron chi connectivity index (χ1n) is 42.1. The molecule has 0 saturated heterocycles. The first kappa shape index (κ1) is 102. The minimum Gasteiger partial charge on any atom is -0.462 e. The van der Waals surface area contributed by atoms with Crippen molar-refractivity contribution >= 4 is 39.5 Å². The first-order chi connectivity index (χ1) is 51.7. The summed E-state index contributed by atoms with van der Waals surface area (Å²) in [7, 11) is -9.97. The molecule has 3 N–H and O–H groups in total. The molecule has 612 valence electrons. The molecule has 0 amide bonds. The maximum absolute atomic E-state index is 13.1. The standard InChI is InChI=1S/C87H152O17P2/c1-5-9-13-17-21-25-29-33-36-38-40-42-45-48-51-55-59-63-67-71-84(89)97-77-82(103-86(91)73-69-65-61-57-53-47-32-28-24-20-16-12-8-4)79-101-105(93,94)99-75-81(88)76-100-106(95,96)102-80-83(104-87(92)74-70-66-62-58-54-50-44-35-31-27-23-19-15-11-7-3)78-98-85(90)72-68-64-60-56-52-49-46-43-41-39-37-34-30-26-22-18-14-10-6-2/h9,13,21-22,25-26,28,32-37,40-44,81-83,88H,5-8,10-12,14-20,23-24,27,29-31,38-39,45-80H2,1-4H3,(H,93,94)(H,95,96)/b13-9-,25-21-,26-22-,32-28-,36-33-,37-34-,42-40-,43-41-,44-35-. The third-order valence-corrected chi connectivity index (χ3v) is 19.6. The van der Waals surface area contributed by atoms with Gasteiger partial charge in [-0.15, -0.1) is 0 Å². The third kappa shape index (κ3) is 77.9. The van der Waals surface area contributed by atoms with Gasteiger partial charge >= 0.3 is 39.5 Å². The number of allylic oxidation sites excluding steroid dienone is 18. The van der Waals surface area contributed by atoms with Crippen LogP contribution in [-0.2, 0) is 65.4 Å². The van der Waals surface area contributed by atoms with Gasteiger partial charge < -0.3 is 33.8 Å². The van der Waals surface area contributed by atoms with Crippen LogP contribution in [0.2, 0.25) is 0 Å². The number of rotatable bonds is 79. The van der Waals surface area contributed by atoms with Gasteiger partial charge in [-0.1, -0.05) is 291 Å². The molecule has 0 bridgehead atoms. The van der Waals surface area contributed by atoms with E-state index in [-0.39, 0.29) is 25.7 Å². The number of unbranched alkanes of at least 4 members (excludes halogenated alkanes) is 35. The normalized spacial score (nSPS) is 14.4. The van der Waals surface area contributed by atoms with Crippen LogP contribution in [0.3, 0.4) is 0 Å². The molecule has 0 saturated carbocycles. The van der Waals surface area contributed by atoms with Crippen molar-refractivity contribution in [3.63, 3.8) is 0 Å². The van der Waals surface area contributed by atoms with Gasteiger partial charge in [0, 0.05) is 25.7 Å². The third-order valence-electron chi connectivity index (χ3n) is 17.7. The average Bonchev–Trinajstić information content (AvgIpc) is 0.901. The monoisotopic (exact) mass is 1530 g/mol. The number of phosphoric acid groups is 2. The van der Waals surface area contributed by atoms with Crippen LogP contribution in [0.1, 0.15) is 362 Å². The second-order valence-corrected chi connectivity index (χ2v) is 30.9. The highest BCUT2D eigenvalue weighted by atomic mass is 31.2. The predicted octanol–water partition coefficient (Wildman–Crippen LogP) is 24.9. The Bertz CT molecular complexity index is 2430. The van der Waals surface area contributed by atoms with E-state index in [9.17, 15) is 43.2 Å². The van der Waals surface area contributed by atoms with E-state index in [2.05, 4.69) is 137 Å². The van der Waals surface area contributed by atoms with Crippen LogP contribution >= 0.6 is 15.6 Å². The number of phosphoric ester groups is 2. The Labute approximate surface area is 645 Å². The van der Waals surface area contributed by atoms with Gasteiger partial charge in [-0.05, 0) is 154 Å². The van der Waals surface area contributed by atoms with Crippen LogP contribution in [0, 0.1) is 0 Å². The van der Waals surface area contributed by atoms with Crippen LogP contribution < -0.4 is 0 Å². The topological polar surface area (TPSA) is 237 Å². The van der Waals surface area contributed by atoms with Crippen LogP contribution in [-0.4, -0.2) is 96.7 Å². The minimum absolute atomic E-state index is 0.0808. The van der Waals surface area contributed by atoms with Crippen molar-refractivity contribution in [3.05, 3.63) is 109 Å². The summed E-state index contributed by atoms with van der Waals surface area (Å²) in [5.41, 5.74) is 0. The molecule has 5 unspecified atom stereocenters. The second kappa shape index (κ2) is 78.8. The molecule has 0 rings (SSSR count). The van der Waals surface area contributed by atoms with E-state index in [0.29, 0.717) is 25.7 Å². The summed E-state index contributed by atoms with van der Waals surface area (Å²) in [5, 5.41) is 10.7. The summed E-state index contributed by atoms with van der Waals surface area (Å²) in [5.74, 6) is -2.21. The Morgan fingerprint density at radius 1 is 0.274 bits per heavy atom.